The van der Waals surface area contributed by atoms with E-state index in [1.165, 1.54) is 0 Å². The molecule has 0 spiro atoms. The monoisotopic (exact) mass is 426 g/mol. The minimum atomic E-state index is -7.39. The lowest BCUT2D eigenvalue weighted by Crippen LogP contribution is -2.82. The molecule has 3 unspecified atom stereocenters. The van der Waals surface area contributed by atoms with Crippen molar-refractivity contribution in [3.8, 4) is 0 Å². The van der Waals surface area contributed by atoms with Crippen molar-refractivity contribution in [2.75, 3.05) is 0 Å². The lowest BCUT2D eigenvalue weighted by atomic mass is 9.78. The van der Waals surface area contributed by atoms with Crippen LogP contribution >= 0.6 is 0 Å². The zero-order valence-electron chi connectivity index (χ0n) is 12.7. The van der Waals surface area contributed by atoms with Crippen LogP contribution in [0.5, 0.6) is 0 Å². The van der Waals surface area contributed by atoms with Crippen molar-refractivity contribution in [2.24, 2.45) is 23.7 Å². The van der Waals surface area contributed by atoms with Gasteiger partial charge >= 0.3 is 35.9 Å². The predicted octanol–water partition coefficient (Wildman–Crippen LogP) is 4.38. The topological polar surface area (TPSA) is 29.5 Å². The van der Waals surface area contributed by atoms with Crippen molar-refractivity contribution in [3.05, 3.63) is 0 Å². The van der Waals surface area contributed by atoms with Crippen molar-refractivity contribution >= 4 is 0 Å². The maximum Gasteiger partial charge on any atom is 0.430 e. The second kappa shape index (κ2) is 5.16. The summed E-state index contributed by atoms with van der Waals surface area (Å²) in [5.74, 6) is -2.78. The molecule has 0 amide bonds. The summed E-state index contributed by atoms with van der Waals surface area (Å²) < 4.78 is 162. The van der Waals surface area contributed by atoms with Crippen molar-refractivity contribution < 1.29 is 62.5 Å². The minimum Gasteiger partial charge on any atom is -0.371 e. The van der Waals surface area contributed by atoms with Gasteiger partial charge in [-0.15, -0.1) is 0 Å². The van der Waals surface area contributed by atoms with Crippen LogP contribution in [0.4, 0.5) is 52.7 Å². The van der Waals surface area contributed by atoms with Gasteiger partial charge in [-0.05, 0) is 36.5 Å². The van der Waals surface area contributed by atoms with Crippen LogP contribution in [0.15, 0.2) is 0 Å². The average Bonchev–Trinajstić information content (AvgIpc) is 2.75. The zero-order valence-corrected chi connectivity index (χ0v) is 12.7. The molecule has 0 radical (unpaired) electrons. The highest BCUT2D eigenvalue weighted by Gasteiger charge is 2.95. The van der Waals surface area contributed by atoms with Crippen LogP contribution in [-0.2, 0) is 4.74 Å². The molecule has 4 aliphatic rings. The molecule has 158 valence electrons. The summed E-state index contributed by atoms with van der Waals surface area (Å²) in [6.07, 6.45) is -31.3. The van der Waals surface area contributed by atoms with Crippen molar-refractivity contribution in [3.63, 3.8) is 0 Å². The highest BCUT2D eigenvalue weighted by molar-refractivity contribution is 5.22. The van der Waals surface area contributed by atoms with Crippen molar-refractivity contribution in [1.82, 2.24) is 0 Å². The van der Waals surface area contributed by atoms with Gasteiger partial charge in [-0.25, -0.2) is 0 Å². The Morgan fingerprint density at radius 1 is 0.630 bits per heavy atom. The first-order chi connectivity index (χ1) is 11.8. The first kappa shape index (κ1) is 20.8. The van der Waals surface area contributed by atoms with Gasteiger partial charge in [0.1, 0.15) is 0 Å². The predicted molar refractivity (Wildman–Crippen MR) is 60.0 cm³/mol. The van der Waals surface area contributed by atoms with Gasteiger partial charge in [0.25, 0.3) is 0 Å². The summed E-state index contributed by atoms with van der Waals surface area (Å²) in [4.78, 5) is 0. The highest BCUT2D eigenvalue weighted by Crippen LogP contribution is 2.73. The van der Waals surface area contributed by atoms with Crippen LogP contribution in [0.1, 0.15) is 12.8 Å². The van der Waals surface area contributed by atoms with Gasteiger partial charge < -0.3 is 9.84 Å². The largest absolute Gasteiger partial charge is 0.430 e. The zero-order chi connectivity index (χ0) is 21.0. The summed E-state index contributed by atoms with van der Waals surface area (Å²) in [7, 11) is 0. The summed E-state index contributed by atoms with van der Waals surface area (Å²) in [6, 6.07) is 0. The minimum absolute atomic E-state index is 0.0578. The molecule has 4 fully saturated rings. The Balaban J connectivity index is 2.23. The molecular formula is C13H10F12O2. The van der Waals surface area contributed by atoms with Crippen molar-refractivity contribution in [2.45, 2.75) is 54.9 Å². The number of hydrogen-bond donors (Lipinski definition) is 1. The molecule has 0 aromatic rings. The van der Waals surface area contributed by atoms with E-state index in [1.807, 2.05) is 0 Å². The SMILES string of the molecule is OC(C(F)(F)F)(C(F)(F)F)C(OC1C2CC3C(C2)C31)(C(F)(F)F)C(F)(F)F. The Morgan fingerprint density at radius 2 is 1.00 bits per heavy atom. The Labute approximate surface area is 142 Å². The summed E-state index contributed by atoms with van der Waals surface area (Å²) in [5, 5.41) is 9.11. The molecule has 0 heterocycles. The fourth-order valence-electron chi connectivity index (χ4n) is 4.73. The van der Waals surface area contributed by atoms with E-state index in [9.17, 15) is 52.7 Å². The Kier molecular flexibility index (Phi) is 3.98. The summed E-state index contributed by atoms with van der Waals surface area (Å²) in [5.41, 5.74) is -14.2. The van der Waals surface area contributed by atoms with Gasteiger partial charge in [0, 0.05) is 0 Å². The fraction of sp³-hybridized carbons (Fsp3) is 1.00. The van der Waals surface area contributed by atoms with Crippen LogP contribution in [-0.4, -0.2) is 47.1 Å². The summed E-state index contributed by atoms with van der Waals surface area (Å²) >= 11 is 0. The van der Waals surface area contributed by atoms with E-state index in [1.54, 1.807) is 0 Å². The number of ether oxygens (including phenoxy) is 1. The van der Waals surface area contributed by atoms with Gasteiger partial charge in [-0.1, -0.05) is 0 Å². The van der Waals surface area contributed by atoms with Gasteiger partial charge in [-0.3, -0.25) is 0 Å². The maximum absolute atomic E-state index is 13.4. The molecule has 0 aromatic heterocycles. The molecule has 27 heavy (non-hydrogen) atoms. The lowest BCUT2D eigenvalue weighted by molar-refractivity contribution is -0.508. The molecule has 1 N–H and O–H groups in total. The third-order valence-electron chi connectivity index (χ3n) is 5.83. The van der Waals surface area contributed by atoms with E-state index in [4.69, 9.17) is 5.11 Å². The maximum atomic E-state index is 13.4. The number of hydrogen-bond acceptors (Lipinski definition) is 2. The molecule has 2 nitrogen and oxygen atoms in total. The molecule has 0 saturated heterocycles. The Bertz CT molecular complexity index is 573. The number of alkyl halides is 12. The Morgan fingerprint density at radius 3 is 1.22 bits per heavy atom. The van der Waals surface area contributed by atoms with E-state index in [2.05, 4.69) is 4.74 Å². The van der Waals surface area contributed by atoms with Gasteiger partial charge in [0.05, 0.1) is 6.10 Å². The van der Waals surface area contributed by atoms with Crippen LogP contribution in [0.25, 0.3) is 0 Å². The quantitative estimate of drug-likeness (QED) is 0.680. The molecule has 4 aliphatic carbocycles. The number of halogens is 12. The molecule has 4 rings (SSSR count). The number of rotatable bonds is 3. The molecule has 4 saturated carbocycles. The molecular weight excluding hydrogens is 416 g/mol. The first-order valence-corrected chi connectivity index (χ1v) is 7.48. The van der Waals surface area contributed by atoms with Crippen LogP contribution in [0, 0.1) is 23.7 Å². The smallest absolute Gasteiger partial charge is 0.371 e. The highest BCUT2D eigenvalue weighted by atomic mass is 19.4. The van der Waals surface area contributed by atoms with E-state index in [0.29, 0.717) is 0 Å². The van der Waals surface area contributed by atoms with Gasteiger partial charge in [-0.2, -0.15) is 52.7 Å². The summed E-state index contributed by atoms with van der Waals surface area (Å²) in [6.45, 7) is 0. The Hall–Kier alpha value is -0.920. The van der Waals surface area contributed by atoms with Gasteiger partial charge in [0.2, 0.25) is 0 Å². The standard InChI is InChI=1S/C13H10F12O2/c14-10(15,16)8(26,11(17,18)19)9(12(20,21)22,13(23,24)25)27-7-3-1-4-5(2-3)6(4)7/h3-7,26H,1-2H2. The number of aliphatic hydroxyl groups is 1. The van der Waals surface area contributed by atoms with E-state index in [-0.39, 0.29) is 24.7 Å². The molecule has 14 heteroatoms. The average molecular weight is 426 g/mol. The fourth-order valence-corrected chi connectivity index (χ4v) is 4.73. The molecule has 4 bridgehead atoms. The van der Waals surface area contributed by atoms with E-state index >= 15 is 0 Å². The first-order valence-electron chi connectivity index (χ1n) is 7.48. The van der Waals surface area contributed by atoms with Gasteiger partial charge in [0.15, 0.2) is 0 Å². The molecule has 3 atom stereocenters. The molecule has 0 aliphatic heterocycles. The normalized spacial score (nSPS) is 34.3. The second-order valence-electron chi connectivity index (χ2n) is 7.10. The third-order valence-corrected chi connectivity index (χ3v) is 5.83. The van der Waals surface area contributed by atoms with Crippen LogP contribution in [0.2, 0.25) is 0 Å². The van der Waals surface area contributed by atoms with E-state index in [0.717, 1.165) is 0 Å². The van der Waals surface area contributed by atoms with Crippen LogP contribution in [0.3, 0.4) is 0 Å². The van der Waals surface area contributed by atoms with Crippen molar-refractivity contribution in [1.29, 1.82) is 0 Å². The second-order valence-corrected chi connectivity index (χ2v) is 7.10. The lowest BCUT2D eigenvalue weighted by Gasteiger charge is -2.49. The van der Waals surface area contributed by atoms with Crippen LogP contribution < -0.4 is 0 Å². The third kappa shape index (κ3) is 2.37. The van der Waals surface area contributed by atoms with E-state index < -0.39 is 53.8 Å². The molecule has 0 aromatic carbocycles.